The molecule has 3 heteroatoms. The second kappa shape index (κ2) is 8.15. The topological polar surface area (TPSA) is 35.5 Å². The van der Waals surface area contributed by atoms with Crippen LogP contribution >= 0.6 is 0 Å². The summed E-state index contributed by atoms with van der Waals surface area (Å²) in [5, 5.41) is 0. The zero-order chi connectivity index (χ0) is 12.5. The first-order valence-electron chi connectivity index (χ1n) is 6.68. The molecular formula is C14H24O3. The number of hydrogen-bond donors (Lipinski definition) is 0. The van der Waals surface area contributed by atoms with E-state index in [1.165, 1.54) is 6.42 Å². The maximum atomic E-state index is 11.4. The van der Waals surface area contributed by atoms with Gasteiger partial charge in [0, 0.05) is 0 Å². The molecule has 98 valence electrons. The summed E-state index contributed by atoms with van der Waals surface area (Å²) in [4.78, 5) is 11.4. The smallest absolute Gasteiger partial charge is 0.434 e. The van der Waals surface area contributed by atoms with Crippen molar-refractivity contribution in [1.29, 1.82) is 0 Å². The Morgan fingerprint density at radius 3 is 2.71 bits per heavy atom. The Bertz CT molecular complexity index is 242. The normalized spacial score (nSPS) is 19.2. The first-order valence-corrected chi connectivity index (χ1v) is 6.68. The molecule has 1 aliphatic rings. The van der Waals surface area contributed by atoms with Crippen molar-refractivity contribution >= 4 is 6.16 Å². The average Bonchev–Trinajstić information content (AvgIpc) is 2.30. The minimum Gasteiger partial charge on any atom is -0.434 e. The van der Waals surface area contributed by atoms with Crippen molar-refractivity contribution in [1.82, 2.24) is 0 Å². The first kappa shape index (κ1) is 14.1. The molecule has 1 aliphatic carbocycles. The molecule has 0 saturated heterocycles. The minimum atomic E-state index is -0.496. The lowest BCUT2D eigenvalue weighted by Gasteiger charge is -2.21. The molecule has 0 aliphatic heterocycles. The Morgan fingerprint density at radius 1 is 1.35 bits per heavy atom. The maximum Gasteiger partial charge on any atom is 0.508 e. The molecule has 0 radical (unpaired) electrons. The molecule has 3 nitrogen and oxygen atoms in total. The number of carbonyl (C=O) groups is 1. The number of carbonyl (C=O) groups excluding carboxylic acids is 1. The highest BCUT2D eigenvalue weighted by Crippen LogP contribution is 2.20. The highest BCUT2D eigenvalue weighted by atomic mass is 16.7. The van der Waals surface area contributed by atoms with E-state index < -0.39 is 6.16 Å². The van der Waals surface area contributed by atoms with E-state index in [2.05, 4.69) is 13.0 Å². The Labute approximate surface area is 104 Å². The van der Waals surface area contributed by atoms with E-state index in [0.717, 1.165) is 32.1 Å². The SMILES string of the molecule is CC=CC(C)CCOC(=O)OC1CCCCC1. The van der Waals surface area contributed by atoms with Gasteiger partial charge < -0.3 is 9.47 Å². The van der Waals surface area contributed by atoms with E-state index in [4.69, 9.17) is 9.47 Å². The van der Waals surface area contributed by atoms with Crippen LogP contribution in [0.5, 0.6) is 0 Å². The summed E-state index contributed by atoms with van der Waals surface area (Å²) < 4.78 is 10.3. The molecule has 0 aromatic rings. The highest BCUT2D eigenvalue weighted by molar-refractivity contribution is 5.60. The van der Waals surface area contributed by atoms with Crippen LogP contribution in [0.4, 0.5) is 4.79 Å². The van der Waals surface area contributed by atoms with E-state index in [9.17, 15) is 4.79 Å². The fourth-order valence-electron chi connectivity index (χ4n) is 2.11. The van der Waals surface area contributed by atoms with Gasteiger partial charge in [-0.3, -0.25) is 0 Å². The molecule has 0 N–H and O–H groups in total. The Morgan fingerprint density at radius 2 is 2.06 bits per heavy atom. The van der Waals surface area contributed by atoms with Gasteiger partial charge in [-0.1, -0.05) is 25.5 Å². The van der Waals surface area contributed by atoms with Crippen LogP contribution in [0.2, 0.25) is 0 Å². The van der Waals surface area contributed by atoms with Gasteiger partial charge in [0.1, 0.15) is 6.10 Å². The molecule has 17 heavy (non-hydrogen) atoms. The summed E-state index contributed by atoms with van der Waals surface area (Å²) in [6.07, 6.45) is 10.1. The average molecular weight is 240 g/mol. The quantitative estimate of drug-likeness (QED) is 0.536. The fourth-order valence-corrected chi connectivity index (χ4v) is 2.11. The Kier molecular flexibility index (Phi) is 6.75. The number of allylic oxidation sites excluding steroid dienone is 2. The molecule has 0 heterocycles. The first-order chi connectivity index (χ1) is 8.22. The van der Waals surface area contributed by atoms with E-state index >= 15 is 0 Å². The van der Waals surface area contributed by atoms with Gasteiger partial charge in [-0.25, -0.2) is 4.79 Å². The molecule has 1 rings (SSSR count). The molecule has 0 bridgehead atoms. The number of rotatable bonds is 5. The predicted molar refractivity (Wildman–Crippen MR) is 67.9 cm³/mol. The van der Waals surface area contributed by atoms with Crippen LogP contribution in [0.3, 0.4) is 0 Å². The third kappa shape index (κ3) is 6.35. The van der Waals surface area contributed by atoms with Crippen LogP contribution in [0.1, 0.15) is 52.4 Å². The van der Waals surface area contributed by atoms with Crippen molar-refractivity contribution in [2.45, 2.75) is 58.5 Å². The van der Waals surface area contributed by atoms with E-state index in [1.807, 2.05) is 13.0 Å². The molecule has 1 fully saturated rings. The number of hydrogen-bond acceptors (Lipinski definition) is 3. The fraction of sp³-hybridized carbons (Fsp3) is 0.786. The van der Waals surface area contributed by atoms with Crippen molar-refractivity contribution in [3.8, 4) is 0 Å². The van der Waals surface area contributed by atoms with E-state index in [0.29, 0.717) is 12.5 Å². The van der Waals surface area contributed by atoms with Crippen molar-refractivity contribution in [2.75, 3.05) is 6.61 Å². The summed E-state index contributed by atoms with van der Waals surface area (Å²) in [7, 11) is 0. The van der Waals surface area contributed by atoms with Gasteiger partial charge in [-0.15, -0.1) is 0 Å². The van der Waals surface area contributed by atoms with Gasteiger partial charge in [-0.2, -0.15) is 0 Å². The van der Waals surface area contributed by atoms with Crippen molar-refractivity contribution < 1.29 is 14.3 Å². The third-order valence-corrected chi connectivity index (χ3v) is 3.13. The third-order valence-electron chi connectivity index (χ3n) is 3.13. The summed E-state index contributed by atoms with van der Waals surface area (Å²) in [6.45, 7) is 4.54. The Balaban J connectivity index is 2.08. The van der Waals surface area contributed by atoms with Crippen LogP contribution in [0.25, 0.3) is 0 Å². The maximum absolute atomic E-state index is 11.4. The van der Waals surface area contributed by atoms with Gasteiger partial charge in [-0.05, 0) is 44.9 Å². The lowest BCUT2D eigenvalue weighted by Crippen LogP contribution is -2.22. The standard InChI is InChI=1S/C14H24O3/c1-3-7-12(2)10-11-16-14(15)17-13-8-5-4-6-9-13/h3,7,12-13H,4-6,8-11H2,1-2H3. The second-order valence-corrected chi connectivity index (χ2v) is 4.77. The molecule has 1 unspecified atom stereocenters. The zero-order valence-electron chi connectivity index (χ0n) is 11.0. The monoisotopic (exact) mass is 240 g/mol. The summed E-state index contributed by atoms with van der Waals surface area (Å²) >= 11 is 0. The Hall–Kier alpha value is -0.990. The van der Waals surface area contributed by atoms with E-state index in [1.54, 1.807) is 0 Å². The summed E-state index contributed by atoms with van der Waals surface area (Å²) in [5.74, 6) is 0.447. The summed E-state index contributed by atoms with van der Waals surface area (Å²) in [5.41, 5.74) is 0. The molecule has 0 spiro atoms. The molecule has 0 aromatic heterocycles. The largest absolute Gasteiger partial charge is 0.508 e. The van der Waals surface area contributed by atoms with Gasteiger partial charge >= 0.3 is 6.16 Å². The van der Waals surface area contributed by atoms with Gasteiger partial charge in [0.05, 0.1) is 6.61 Å². The lowest BCUT2D eigenvalue weighted by molar-refractivity contribution is 0.00991. The van der Waals surface area contributed by atoms with Crippen LogP contribution in [0, 0.1) is 5.92 Å². The predicted octanol–water partition coefficient (Wildman–Crippen LogP) is 4.07. The summed E-state index contributed by atoms with van der Waals surface area (Å²) in [6, 6.07) is 0. The molecule has 1 atom stereocenters. The highest BCUT2D eigenvalue weighted by Gasteiger charge is 2.18. The lowest BCUT2D eigenvalue weighted by atomic mass is 9.98. The molecule has 0 aromatic carbocycles. The number of ether oxygens (including phenoxy) is 2. The van der Waals surface area contributed by atoms with Crippen molar-refractivity contribution in [3.63, 3.8) is 0 Å². The van der Waals surface area contributed by atoms with E-state index in [-0.39, 0.29) is 6.10 Å². The van der Waals surface area contributed by atoms with Crippen LogP contribution in [-0.2, 0) is 9.47 Å². The van der Waals surface area contributed by atoms with Crippen molar-refractivity contribution in [2.24, 2.45) is 5.92 Å². The minimum absolute atomic E-state index is 0.0872. The van der Waals surface area contributed by atoms with Gasteiger partial charge in [0.25, 0.3) is 0 Å². The van der Waals surface area contributed by atoms with Crippen molar-refractivity contribution in [3.05, 3.63) is 12.2 Å². The second-order valence-electron chi connectivity index (χ2n) is 4.77. The van der Waals surface area contributed by atoms with Crippen LogP contribution < -0.4 is 0 Å². The van der Waals surface area contributed by atoms with Crippen LogP contribution in [-0.4, -0.2) is 18.9 Å². The van der Waals surface area contributed by atoms with Gasteiger partial charge in [0.2, 0.25) is 0 Å². The molecular weight excluding hydrogens is 216 g/mol. The zero-order valence-corrected chi connectivity index (χ0v) is 11.0. The van der Waals surface area contributed by atoms with Crippen LogP contribution in [0.15, 0.2) is 12.2 Å². The molecule has 1 saturated carbocycles. The van der Waals surface area contributed by atoms with Gasteiger partial charge in [0.15, 0.2) is 0 Å². The molecule has 0 amide bonds.